The Hall–Kier alpha value is -2.40. The van der Waals surface area contributed by atoms with Gasteiger partial charge in [-0.05, 0) is 36.8 Å². The zero-order valence-electron chi connectivity index (χ0n) is 10.7. The summed E-state index contributed by atoms with van der Waals surface area (Å²) in [6.45, 7) is 2.36. The number of carbonyl (C=O) groups excluding carboxylic acids is 1. The maximum absolute atomic E-state index is 11.8. The number of hydrogen-bond donors (Lipinski definition) is 3. The molecular weight excluding hydrogens is 240 g/mol. The second kappa shape index (κ2) is 5.97. The van der Waals surface area contributed by atoms with Gasteiger partial charge in [0.2, 0.25) is 0 Å². The molecule has 5 nitrogen and oxygen atoms in total. The molecule has 0 atom stereocenters. The molecule has 0 aliphatic carbocycles. The van der Waals surface area contributed by atoms with E-state index in [1.165, 1.54) is 0 Å². The summed E-state index contributed by atoms with van der Waals surface area (Å²) in [6, 6.07) is 10.7. The predicted octanol–water partition coefficient (Wildman–Crippen LogP) is 2.49. The van der Waals surface area contributed by atoms with Crippen LogP contribution < -0.4 is 16.4 Å². The van der Waals surface area contributed by atoms with Crippen LogP contribution in [0.25, 0.3) is 0 Å². The maximum Gasteiger partial charge on any atom is 0.323 e. The lowest BCUT2D eigenvalue weighted by Gasteiger charge is -2.08. The summed E-state index contributed by atoms with van der Waals surface area (Å²) < 4.78 is 0. The molecule has 0 saturated heterocycles. The molecule has 0 unspecified atom stereocenters. The number of urea groups is 1. The molecule has 0 radical (unpaired) electrons. The monoisotopic (exact) mass is 256 g/mol. The fourth-order valence-electron chi connectivity index (χ4n) is 1.64. The van der Waals surface area contributed by atoms with E-state index in [4.69, 9.17) is 5.73 Å². The van der Waals surface area contributed by atoms with Crippen LogP contribution in [-0.2, 0) is 6.54 Å². The highest BCUT2D eigenvalue weighted by molar-refractivity contribution is 5.99. The molecule has 5 heteroatoms. The van der Waals surface area contributed by atoms with Crippen LogP contribution in [0.15, 0.2) is 42.6 Å². The van der Waals surface area contributed by atoms with E-state index in [0.717, 1.165) is 16.9 Å². The summed E-state index contributed by atoms with van der Waals surface area (Å²) in [5.41, 5.74) is 8.82. The van der Waals surface area contributed by atoms with Gasteiger partial charge >= 0.3 is 6.03 Å². The molecule has 1 aromatic carbocycles. The number of pyridine rings is 1. The highest BCUT2D eigenvalue weighted by atomic mass is 16.2. The first-order valence-corrected chi connectivity index (χ1v) is 5.97. The minimum atomic E-state index is -0.286. The van der Waals surface area contributed by atoms with Crippen molar-refractivity contribution in [1.82, 2.24) is 4.98 Å². The number of benzene rings is 1. The van der Waals surface area contributed by atoms with Gasteiger partial charge in [0.25, 0.3) is 0 Å². The average molecular weight is 256 g/mol. The molecule has 2 rings (SSSR count). The van der Waals surface area contributed by atoms with Crippen molar-refractivity contribution in [3.05, 3.63) is 53.9 Å². The fraction of sp³-hybridized carbons (Fsp3) is 0.143. The number of nitrogens with zero attached hydrogens (tertiary/aromatic N) is 1. The third-order valence-corrected chi connectivity index (χ3v) is 2.60. The fourth-order valence-corrected chi connectivity index (χ4v) is 1.64. The van der Waals surface area contributed by atoms with Gasteiger partial charge in [0.05, 0.1) is 0 Å². The first-order valence-electron chi connectivity index (χ1n) is 5.97. The highest BCUT2D eigenvalue weighted by Crippen LogP contribution is 2.11. The van der Waals surface area contributed by atoms with Gasteiger partial charge < -0.3 is 16.4 Å². The van der Waals surface area contributed by atoms with E-state index >= 15 is 0 Å². The van der Waals surface area contributed by atoms with E-state index < -0.39 is 0 Å². The van der Waals surface area contributed by atoms with Gasteiger partial charge in [0.1, 0.15) is 0 Å². The van der Waals surface area contributed by atoms with E-state index in [0.29, 0.717) is 12.2 Å². The Kier molecular flexibility index (Phi) is 4.10. The van der Waals surface area contributed by atoms with Crippen LogP contribution in [0, 0.1) is 6.92 Å². The molecule has 2 aromatic rings. The summed E-state index contributed by atoms with van der Waals surface area (Å²) in [6.07, 6.45) is 1.65. The normalized spacial score (nSPS) is 10.0. The van der Waals surface area contributed by atoms with Crippen molar-refractivity contribution in [3.8, 4) is 0 Å². The average Bonchev–Trinajstić information content (AvgIpc) is 2.39. The summed E-state index contributed by atoms with van der Waals surface area (Å²) in [7, 11) is 0. The van der Waals surface area contributed by atoms with Crippen LogP contribution >= 0.6 is 0 Å². The smallest absolute Gasteiger partial charge is 0.323 e. The van der Waals surface area contributed by atoms with Crippen LogP contribution in [-0.4, -0.2) is 11.0 Å². The lowest BCUT2D eigenvalue weighted by Crippen LogP contribution is -2.19. The molecule has 4 N–H and O–H groups in total. The Bertz CT molecular complexity index is 566. The van der Waals surface area contributed by atoms with E-state index in [9.17, 15) is 4.79 Å². The summed E-state index contributed by atoms with van der Waals surface area (Å²) in [5, 5.41) is 5.49. The summed E-state index contributed by atoms with van der Waals surface area (Å²) in [5.74, 6) is 0. The van der Waals surface area contributed by atoms with Crippen molar-refractivity contribution in [3.63, 3.8) is 0 Å². The third-order valence-electron chi connectivity index (χ3n) is 2.60. The SMILES string of the molecule is Cc1cc(NC(=O)Nc2ccc(CN)cc2)ccn1. The van der Waals surface area contributed by atoms with Gasteiger partial charge in [0, 0.05) is 29.8 Å². The molecule has 0 aliphatic rings. The van der Waals surface area contributed by atoms with Gasteiger partial charge in [-0.2, -0.15) is 0 Å². The van der Waals surface area contributed by atoms with Crippen LogP contribution in [0.2, 0.25) is 0 Å². The van der Waals surface area contributed by atoms with E-state index in [1.807, 2.05) is 31.2 Å². The molecule has 0 saturated carbocycles. The van der Waals surface area contributed by atoms with Crippen molar-refractivity contribution in [2.75, 3.05) is 10.6 Å². The third kappa shape index (κ3) is 3.79. The Labute approximate surface area is 111 Å². The van der Waals surface area contributed by atoms with Crippen LogP contribution in [0.5, 0.6) is 0 Å². The topological polar surface area (TPSA) is 80.0 Å². The second-order valence-electron chi connectivity index (χ2n) is 4.17. The Morgan fingerprint density at radius 1 is 1.16 bits per heavy atom. The van der Waals surface area contributed by atoms with Crippen LogP contribution in [0.4, 0.5) is 16.2 Å². The van der Waals surface area contributed by atoms with Crippen LogP contribution in [0.3, 0.4) is 0 Å². The van der Waals surface area contributed by atoms with Crippen LogP contribution in [0.1, 0.15) is 11.3 Å². The largest absolute Gasteiger partial charge is 0.326 e. The van der Waals surface area contributed by atoms with Crippen molar-refractivity contribution < 1.29 is 4.79 Å². The molecular formula is C14H16N4O. The zero-order chi connectivity index (χ0) is 13.7. The van der Waals surface area contributed by atoms with Crippen molar-refractivity contribution >= 4 is 17.4 Å². The Balaban J connectivity index is 1.97. The molecule has 0 spiro atoms. The van der Waals surface area contributed by atoms with Gasteiger partial charge in [0.15, 0.2) is 0 Å². The molecule has 0 fully saturated rings. The first kappa shape index (κ1) is 13.0. The lowest BCUT2D eigenvalue weighted by atomic mass is 10.2. The maximum atomic E-state index is 11.8. The first-order chi connectivity index (χ1) is 9.17. The quantitative estimate of drug-likeness (QED) is 0.789. The van der Waals surface area contributed by atoms with E-state index in [1.54, 1.807) is 18.3 Å². The standard InChI is InChI=1S/C14H16N4O/c1-10-8-13(6-7-16-10)18-14(19)17-12-4-2-11(9-15)3-5-12/h2-8H,9,15H2,1H3,(H2,16,17,18,19). The minimum Gasteiger partial charge on any atom is -0.326 e. The summed E-state index contributed by atoms with van der Waals surface area (Å²) >= 11 is 0. The predicted molar refractivity (Wildman–Crippen MR) is 75.9 cm³/mol. The highest BCUT2D eigenvalue weighted by Gasteiger charge is 2.02. The second-order valence-corrected chi connectivity index (χ2v) is 4.17. The molecule has 1 heterocycles. The number of amides is 2. The number of rotatable bonds is 3. The van der Waals surface area contributed by atoms with E-state index in [2.05, 4.69) is 15.6 Å². The number of anilines is 2. The number of hydrogen-bond acceptors (Lipinski definition) is 3. The van der Waals surface area contributed by atoms with Gasteiger partial charge in [-0.25, -0.2) is 4.79 Å². The molecule has 0 aliphatic heterocycles. The van der Waals surface area contributed by atoms with Gasteiger partial charge in [-0.3, -0.25) is 4.98 Å². The number of carbonyl (C=O) groups is 1. The van der Waals surface area contributed by atoms with Crippen molar-refractivity contribution in [1.29, 1.82) is 0 Å². The number of aromatic nitrogens is 1. The molecule has 1 aromatic heterocycles. The molecule has 0 bridgehead atoms. The lowest BCUT2D eigenvalue weighted by molar-refractivity contribution is 0.262. The number of aryl methyl sites for hydroxylation is 1. The molecule has 19 heavy (non-hydrogen) atoms. The van der Waals surface area contributed by atoms with Crippen molar-refractivity contribution in [2.45, 2.75) is 13.5 Å². The Morgan fingerprint density at radius 3 is 2.47 bits per heavy atom. The molecule has 2 amide bonds. The number of nitrogens with one attached hydrogen (secondary N) is 2. The Morgan fingerprint density at radius 2 is 1.84 bits per heavy atom. The van der Waals surface area contributed by atoms with Gasteiger partial charge in [-0.15, -0.1) is 0 Å². The van der Waals surface area contributed by atoms with Crippen molar-refractivity contribution in [2.24, 2.45) is 5.73 Å². The molecule has 98 valence electrons. The summed E-state index contributed by atoms with van der Waals surface area (Å²) in [4.78, 5) is 15.8. The minimum absolute atomic E-state index is 0.286. The van der Waals surface area contributed by atoms with E-state index in [-0.39, 0.29) is 6.03 Å². The number of nitrogens with two attached hydrogens (primary N) is 1. The zero-order valence-corrected chi connectivity index (χ0v) is 10.7. The van der Waals surface area contributed by atoms with Gasteiger partial charge in [-0.1, -0.05) is 12.1 Å².